The molecule has 0 bridgehead atoms. The van der Waals surface area contributed by atoms with Gasteiger partial charge in [-0.05, 0) is 36.8 Å². The lowest BCUT2D eigenvalue weighted by molar-refractivity contribution is 0.555. The van der Waals surface area contributed by atoms with Gasteiger partial charge in [0, 0.05) is 11.9 Å². The van der Waals surface area contributed by atoms with E-state index in [2.05, 4.69) is 30.6 Å². The molecule has 0 amide bonds. The summed E-state index contributed by atoms with van der Waals surface area (Å²) >= 11 is 0. The first-order valence-corrected chi connectivity index (χ1v) is 7.69. The van der Waals surface area contributed by atoms with Gasteiger partial charge in [0.25, 0.3) is 0 Å². The molecule has 0 saturated carbocycles. The van der Waals surface area contributed by atoms with Crippen molar-refractivity contribution in [1.29, 1.82) is 0 Å². The molecule has 0 unspecified atom stereocenters. The number of aromatic nitrogens is 4. The van der Waals surface area contributed by atoms with Crippen LogP contribution >= 0.6 is 0 Å². The third-order valence-corrected chi connectivity index (χ3v) is 3.58. The predicted molar refractivity (Wildman–Crippen MR) is 94.4 cm³/mol. The van der Waals surface area contributed by atoms with Crippen molar-refractivity contribution in [3.8, 4) is 0 Å². The Morgan fingerprint density at radius 2 is 2.00 bits per heavy atom. The number of H-pyrrole nitrogens is 1. The third kappa shape index (κ3) is 3.22. The van der Waals surface area contributed by atoms with E-state index in [1.54, 1.807) is 30.5 Å². The fourth-order valence-electron chi connectivity index (χ4n) is 2.34. The number of hydrogen-bond donors (Lipinski definition) is 3. The Balaban J connectivity index is 1.60. The maximum Gasteiger partial charge on any atom is 0.417 e. The quantitative estimate of drug-likeness (QED) is 0.517. The van der Waals surface area contributed by atoms with Crippen LogP contribution in [0.15, 0.2) is 51.9 Å². The lowest BCUT2D eigenvalue weighted by atomic mass is 10.3. The van der Waals surface area contributed by atoms with Crippen molar-refractivity contribution in [1.82, 2.24) is 19.9 Å². The molecule has 4 rings (SSSR count). The molecular formula is C17H13FN6O2. The molecule has 0 saturated heterocycles. The summed E-state index contributed by atoms with van der Waals surface area (Å²) in [6.07, 6.45) is 2.76. The zero-order chi connectivity index (χ0) is 18.1. The molecular weight excluding hydrogens is 339 g/mol. The summed E-state index contributed by atoms with van der Waals surface area (Å²) in [7, 11) is 0. The molecule has 4 aromatic rings. The molecule has 0 spiro atoms. The maximum absolute atomic E-state index is 14.1. The third-order valence-electron chi connectivity index (χ3n) is 3.58. The van der Waals surface area contributed by atoms with Gasteiger partial charge < -0.3 is 15.1 Å². The van der Waals surface area contributed by atoms with E-state index in [1.807, 2.05) is 13.0 Å². The number of nitrogens with zero attached hydrogens (tertiary/aromatic N) is 3. The van der Waals surface area contributed by atoms with E-state index in [4.69, 9.17) is 4.42 Å². The number of aryl methyl sites for hydroxylation is 1. The van der Waals surface area contributed by atoms with Crippen molar-refractivity contribution in [2.24, 2.45) is 0 Å². The summed E-state index contributed by atoms with van der Waals surface area (Å²) in [6, 6.07) is 8.53. The van der Waals surface area contributed by atoms with E-state index in [0.29, 0.717) is 22.6 Å². The Hall–Kier alpha value is -3.75. The highest BCUT2D eigenvalue weighted by molar-refractivity contribution is 5.78. The minimum Gasteiger partial charge on any atom is -0.408 e. The van der Waals surface area contributed by atoms with Gasteiger partial charge in [-0.25, -0.2) is 19.2 Å². The summed E-state index contributed by atoms with van der Waals surface area (Å²) < 4.78 is 19.0. The molecule has 1 aromatic carbocycles. The number of anilines is 4. The number of nitrogens with one attached hydrogen (secondary N) is 3. The van der Waals surface area contributed by atoms with Gasteiger partial charge in [0.2, 0.25) is 5.95 Å². The molecule has 0 radical (unpaired) electrons. The van der Waals surface area contributed by atoms with E-state index in [-0.39, 0.29) is 11.8 Å². The van der Waals surface area contributed by atoms with Gasteiger partial charge in [0.05, 0.1) is 11.7 Å². The molecule has 130 valence electrons. The Labute approximate surface area is 146 Å². The van der Waals surface area contributed by atoms with Gasteiger partial charge in [0.1, 0.15) is 5.82 Å². The Morgan fingerprint density at radius 3 is 2.81 bits per heavy atom. The Morgan fingerprint density at radius 1 is 1.12 bits per heavy atom. The first-order chi connectivity index (χ1) is 12.6. The fraction of sp³-hybridized carbons (Fsp3) is 0.0588. The summed E-state index contributed by atoms with van der Waals surface area (Å²) in [6.45, 7) is 1.93. The van der Waals surface area contributed by atoms with Crippen LogP contribution in [-0.4, -0.2) is 19.9 Å². The lowest BCUT2D eigenvalue weighted by Crippen LogP contribution is -2.04. The van der Waals surface area contributed by atoms with Crippen LogP contribution in [-0.2, 0) is 0 Å². The molecule has 0 aliphatic rings. The fourth-order valence-corrected chi connectivity index (χ4v) is 2.34. The number of halogens is 1. The standard InChI is InChI=1S/C17H13FN6O2/c1-9-2-5-14(19-7-9)23-16-20-8-11(18)15(24-16)21-10-3-4-13-12(6-10)22-17(25)26-13/h2-8H,1H3,(H,22,25)(H2,19,20,21,23,24). The second-order valence-corrected chi connectivity index (χ2v) is 5.59. The van der Waals surface area contributed by atoms with Crippen LogP contribution < -0.4 is 16.4 Å². The molecule has 0 atom stereocenters. The molecule has 9 heteroatoms. The summed E-state index contributed by atoms with van der Waals surface area (Å²) in [5.41, 5.74) is 2.46. The molecule has 8 nitrogen and oxygen atoms in total. The van der Waals surface area contributed by atoms with Crippen molar-refractivity contribution in [3.05, 3.63) is 64.7 Å². The van der Waals surface area contributed by atoms with Crippen LogP contribution in [0.1, 0.15) is 5.56 Å². The van der Waals surface area contributed by atoms with Gasteiger partial charge in [-0.2, -0.15) is 4.98 Å². The average molecular weight is 352 g/mol. The normalized spacial score (nSPS) is 10.8. The zero-order valence-electron chi connectivity index (χ0n) is 13.6. The largest absolute Gasteiger partial charge is 0.417 e. The summed E-state index contributed by atoms with van der Waals surface area (Å²) in [5, 5.41) is 5.77. The number of oxazole rings is 1. The number of fused-ring (bicyclic) bond motifs is 1. The molecule has 0 aliphatic carbocycles. The SMILES string of the molecule is Cc1ccc(Nc2ncc(F)c(Nc3ccc4oc(=O)[nH]c4c3)n2)nc1. The smallest absolute Gasteiger partial charge is 0.408 e. The van der Waals surface area contributed by atoms with Crippen molar-refractivity contribution in [2.45, 2.75) is 6.92 Å². The summed E-state index contributed by atoms with van der Waals surface area (Å²) in [5.74, 6) is -0.441. The van der Waals surface area contributed by atoms with Crippen molar-refractivity contribution >= 4 is 34.4 Å². The molecule has 3 heterocycles. The second-order valence-electron chi connectivity index (χ2n) is 5.59. The predicted octanol–water partition coefficient (Wildman–Crippen LogP) is 3.24. The molecule has 26 heavy (non-hydrogen) atoms. The molecule has 0 fully saturated rings. The van der Waals surface area contributed by atoms with Crippen LogP contribution in [0.2, 0.25) is 0 Å². The Bertz CT molecular complexity index is 1140. The average Bonchev–Trinajstić information content (AvgIpc) is 2.99. The van der Waals surface area contributed by atoms with Crippen LogP contribution in [0.5, 0.6) is 0 Å². The first kappa shape index (κ1) is 15.8. The number of hydrogen-bond acceptors (Lipinski definition) is 7. The Kier molecular flexibility index (Phi) is 3.81. The number of benzene rings is 1. The van der Waals surface area contributed by atoms with Crippen LogP contribution in [0, 0.1) is 12.7 Å². The lowest BCUT2D eigenvalue weighted by Gasteiger charge is -2.09. The van der Waals surface area contributed by atoms with Gasteiger partial charge in [-0.3, -0.25) is 4.98 Å². The minimum absolute atomic E-state index is 0.0141. The second kappa shape index (κ2) is 6.28. The minimum atomic E-state index is -0.617. The number of rotatable bonds is 4. The number of aromatic amines is 1. The van der Waals surface area contributed by atoms with Gasteiger partial charge in [0.15, 0.2) is 17.2 Å². The molecule has 3 aromatic heterocycles. The number of pyridine rings is 1. The first-order valence-electron chi connectivity index (χ1n) is 7.69. The van der Waals surface area contributed by atoms with E-state index in [9.17, 15) is 9.18 Å². The van der Waals surface area contributed by atoms with Crippen LogP contribution in [0.4, 0.5) is 27.7 Å². The zero-order valence-corrected chi connectivity index (χ0v) is 13.6. The monoisotopic (exact) mass is 352 g/mol. The van der Waals surface area contributed by atoms with Crippen molar-refractivity contribution in [2.75, 3.05) is 10.6 Å². The molecule has 3 N–H and O–H groups in total. The maximum atomic E-state index is 14.1. The van der Waals surface area contributed by atoms with Crippen LogP contribution in [0.3, 0.4) is 0 Å². The van der Waals surface area contributed by atoms with Gasteiger partial charge in [-0.15, -0.1) is 0 Å². The van der Waals surface area contributed by atoms with E-state index in [1.165, 1.54) is 0 Å². The topological polar surface area (TPSA) is 109 Å². The van der Waals surface area contributed by atoms with Gasteiger partial charge >= 0.3 is 5.76 Å². The highest BCUT2D eigenvalue weighted by Gasteiger charge is 2.09. The van der Waals surface area contributed by atoms with E-state index >= 15 is 0 Å². The van der Waals surface area contributed by atoms with Gasteiger partial charge in [-0.1, -0.05) is 6.07 Å². The highest BCUT2D eigenvalue weighted by atomic mass is 19.1. The van der Waals surface area contributed by atoms with Crippen molar-refractivity contribution in [3.63, 3.8) is 0 Å². The highest BCUT2D eigenvalue weighted by Crippen LogP contribution is 2.22. The molecule has 0 aliphatic heterocycles. The van der Waals surface area contributed by atoms with Crippen molar-refractivity contribution < 1.29 is 8.81 Å². The van der Waals surface area contributed by atoms with Crippen LogP contribution in [0.25, 0.3) is 11.1 Å². The van der Waals surface area contributed by atoms with E-state index < -0.39 is 11.6 Å². The summed E-state index contributed by atoms with van der Waals surface area (Å²) in [4.78, 5) is 26.0. The van der Waals surface area contributed by atoms with E-state index in [0.717, 1.165) is 11.8 Å².